The molecule has 2 aliphatic rings. The average Bonchev–Trinajstić information content (AvgIpc) is 2.94. The fourth-order valence-electron chi connectivity index (χ4n) is 5.37. The van der Waals surface area contributed by atoms with Crippen molar-refractivity contribution in [3.8, 4) is 0 Å². The van der Waals surface area contributed by atoms with E-state index in [0.29, 0.717) is 37.7 Å². The number of carbonyl (C=O) groups is 1. The van der Waals surface area contributed by atoms with E-state index in [0.717, 1.165) is 35.8 Å². The molecule has 3 aromatic rings. The van der Waals surface area contributed by atoms with E-state index >= 15 is 0 Å². The number of nitrogens with zero attached hydrogens (tertiary/aromatic N) is 5. The topological polar surface area (TPSA) is 98.7 Å². The molecule has 0 saturated carbocycles. The zero-order chi connectivity index (χ0) is 28.6. The van der Waals surface area contributed by atoms with Gasteiger partial charge in [-0.1, -0.05) is 23.2 Å². The van der Waals surface area contributed by atoms with Gasteiger partial charge in [0.1, 0.15) is 16.9 Å². The lowest BCUT2D eigenvalue weighted by Gasteiger charge is -2.41. The molecule has 2 aliphatic heterocycles. The summed E-state index contributed by atoms with van der Waals surface area (Å²) in [7, 11) is -3.89. The molecule has 12 heteroatoms. The van der Waals surface area contributed by atoms with Gasteiger partial charge in [0.05, 0.1) is 10.6 Å². The van der Waals surface area contributed by atoms with E-state index in [9.17, 15) is 13.2 Å². The summed E-state index contributed by atoms with van der Waals surface area (Å²) in [6.07, 6.45) is 1.96. The van der Waals surface area contributed by atoms with E-state index in [1.807, 2.05) is 30.0 Å². The van der Waals surface area contributed by atoms with E-state index in [2.05, 4.69) is 24.5 Å². The van der Waals surface area contributed by atoms with Gasteiger partial charge >= 0.3 is 0 Å². The van der Waals surface area contributed by atoms with Crippen molar-refractivity contribution >= 4 is 56.3 Å². The Morgan fingerprint density at radius 1 is 0.975 bits per heavy atom. The van der Waals surface area contributed by atoms with E-state index in [4.69, 9.17) is 23.2 Å². The van der Waals surface area contributed by atoms with Crippen LogP contribution < -0.4 is 14.5 Å². The summed E-state index contributed by atoms with van der Waals surface area (Å²) in [6.45, 7) is 8.69. The number of nitrogens with one attached hydrogen (secondary N) is 1. The largest absolute Gasteiger partial charge is 0.368 e. The Bertz CT molecular complexity index is 1530. The fraction of sp³-hybridized carbons (Fsp3) is 0.393. The molecule has 0 aliphatic carbocycles. The van der Waals surface area contributed by atoms with Crippen LogP contribution in [-0.2, 0) is 21.2 Å². The van der Waals surface area contributed by atoms with E-state index < -0.39 is 10.0 Å². The molecule has 1 amide bonds. The second-order valence-corrected chi connectivity index (χ2v) is 12.7. The predicted molar refractivity (Wildman–Crippen MR) is 159 cm³/mol. The van der Waals surface area contributed by atoms with Gasteiger partial charge in [-0.05, 0) is 81.6 Å². The van der Waals surface area contributed by atoms with Gasteiger partial charge in [-0.25, -0.2) is 18.4 Å². The van der Waals surface area contributed by atoms with Gasteiger partial charge in [0.15, 0.2) is 5.82 Å². The number of sulfonamides is 1. The summed E-state index contributed by atoms with van der Waals surface area (Å²) < 4.78 is 28.4. The van der Waals surface area contributed by atoms with Crippen molar-refractivity contribution in [3.63, 3.8) is 0 Å². The summed E-state index contributed by atoms with van der Waals surface area (Å²) in [4.78, 5) is 28.1. The van der Waals surface area contributed by atoms with Crippen molar-refractivity contribution in [1.82, 2.24) is 14.9 Å². The van der Waals surface area contributed by atoms with Crippen LogP contribution in [-0.4, -0.2) is 68.0 Å². The number of benzene rings is 2. The Hall–Kier alpha value is -3.08. The van der Waals surface area contributed by atoms with Crippen LogP contribution in [0.25, 0.3) is 0 Å². The molecular formula is C28H32Cl2N6O3S. The maximum atomic E-state index is 13.4. The minimum absolute atomic E-state index is 0.0580. The number of carbonyl (C=O) groups excluding carboxylic acids is 1. The highest BCUT2D eigenvalue weighted by Gasteiger charge is 2.31. The lowest BCUT2D eigenvalue weighted by molar-refractivity contribution is -0.132. The van der Waals surface area contributed by atoms with Crippen molar-refractivity contribution in [2.75, 3.05) is 47.2 Å². The predicted octanol–water partition coefficient (Wildman–Crippen LogP) is 4.69. The Morgan fingerprint density at radius 2 is 1.68 bits per heavy atom. The third kappa shape index (κ3) is 5.84. The fourth-order valence-corrected chi connectivity index (χ4v) is 6.77. The van der Waals surface area contributed by atoms with Crippen LogP contribution in [0.1, 0.15) is 30.4 Å². The molecule has 1 atom stereocenters. The number of fused-ring (bicyclic) bond motifs is 1. The molecule has 1 N–H and O–H groups in total. The number of hydrogen-bond donors (Lipinski definition) is 1. The van der Waals surface area contributed by atoms with Gasteiger partial charge in [0.25, 0.3) is 10.0 Å². The van der Waals surface area contributed by atoms with Crippen LogP contribution >= 0.6 is 23.2 Å². The summed E-state index contributed by atoms with van der Waals surface area (Å²) in [5.41, 5.74) is 3.67. The number of aromatic nitrogens is 2. The summed E-state index contributed by atoms with van der Waals surface area (Å²) in [5.74, 6) is 0.596. The molecule has 0 spiro atoms. The third-order valence-electron chi connectivity index (χ3n) is 7.48. The molecule has 0 unspecified atom stereocenters. The zero-order valence-electron chi connectivity index (χ0n) is 22.7. The number of hydrogen-bond acceptors (Lipinski definition) is 7. The summed E-state index contributed by atoms with van der Waals surface area (Å²) in [5, 5.41) is 0.888. The maximum Gasteiger partial charge on any atom is 0.263 e. The smallest absolute Gasteiger partial charge is 0.263 e. The number of halogens is 2. The average molecular weight is 604 g/mol. The summed E-state index contributed by atoms with van der Waals surface area (Å²) in [6, 6.07) is 12.3. The monoisotopic (exact) mass is 602 g/mol. The van der Waals surface area contributed by atoms with Gasteiger partial charge in [-0.2, -0.15) is 0 Å². The van der Waals surface area contributed by atoms with Crippen molar-refractivity contribution < 1.29 is 13.2 Å². The number of piperazine rings is 1. The first-order chi connectivity index (χ1) is 19.0. The van der Waals surface area contributed by atoms with Crippen LogP contribution in [0.5, 0.6) is 0 Å². The molecule has 40 heavy (non-hydrogen) atoms. The van der Waals surface area contributed by atoms with Gasteiger partial charge in [-0.15, -0.1) is 0 Å². The number of rotatable bonds is 6. The highest BCUT2D eigenvalue weighted by Crippen LogP contribution is 2.32. The summed E-state index contributed by atoms with van der Waals surface area (Å²) >= 11 is 12.4. The van der Waals surface area contributed by atoms with Crippen molar-refractivity contribution in [1.29, 1.82) is 0 Å². The van der Waals surface area contributed by atoms with Gasteiger partial charge in [-0.3, -0.25) is 9.52 Å². The highest BCUT2D eigenvalue weighted by atomic mass is 35.5. The van der Waals surface area contributed by atoms with Crippen LogP contribution in [0.3, 0.4) is 0 Å². The Labute approximate surface area is 245 Å². The second-order valence-electron chi connectivity index (χ2n) is 10.2. The third-order valence-corrected chi connectivity index (χ3v) is 9.53. The number of aryl methyl sites for hydroxylation is 3. The minimum Gasteiger partial charge on any atom is -0.368 e. The molecule has 1 aromatic heterocycles. The molecule has 0 radical (unpaired) electrons. The van der Waals surface area contributed by atoms with E-state index in [1.165, 1.54) is 5.56 Å². The maximum absolute atomic E-state index is 13.4. The zero-order valence-corrected chi connectivity index (χ0v) is 25.0. The highest BCUT2D eigenvalue weighted by molar-refractivity contribution is 7.92. The molecule has 3 heterocycles. The Morgan fingerprint density at radius 3 is 2.38 bits per heavy atom. The Balaban J connectivity index is 1.21. The lowest BCUT2D eigenvalue weighted by atomic mass is 10.00. The van der Waals surface area contributed by atoms with Crippen molar-refractivity contribution in [2.45, 2.75) is 44.6 Å². The Kier molecular flexibility index (Phi) is 8.13. The normalized spacial score (nSPS) is 16.5. The van der Waals surface area contributed by atoms with Crippen molar-refractivity contribution in [2.24, 2.45) is 0 Å². The number of anilines is 3. The molecule has 9 nitrogen and oxygen atoms in total. The first-order valence-corrected chi connectivity index (χ1v) is 15.5. The molecule has 1 saturated heterocycles. The quantitative estimate of drug-likeness (QED) is 0.437. The molecule has 212 valence electrons. The molecule has 1 fully saturated rings. The van der Waals surface area contributed by atoms with Gasteiger partial charge in [0.2, 0.25) is 5.91 Å². The van der Waals surface area contributed by atoms with Crippen LogP contribution in [0.4, 0.5) is 17.2 Å². The first kappa shape index (κ1) is 28.4. The van der Waals surface area contributed by atoms with Gasteiger partial charge < -0.3 is 14.7 Å². The van der Waals surface area contributed by atoms with E-state index in [1.54, 1.807) is 38.1 Å². The number of amides is 1. The van der Waals surface area contributed by atoms with Crippen LogP contribution in [0.15, 0.2) is 47.4 Å². The van der Waals surface area contributed by atoms with E-state index in [-0.39, 0.29) is 27.7 Å². The first-order valence-electron chi connectivity index (χ1n) is 13.3. The molecular weight excluding hydrogens is 571 g/mol. The van der Waals surface area contributed by atoms with Crippen LogP contribution in [0, 0.1) is 13.8 Å². The van der Waals surface area contributed by atoms with Crippen LogP contribution in [0.2, 0.25) is 10.0 Å². The van der Waals surface area contributed by atoms with Gasteiger partial charge in [0, 0.05) is 49.1 Å². The molecule has 5 rings (SSSR count). The molecule has 0 bridgehead atoms. The standard InChI is InChI=1S/C28H32Cl2N6O3S/c1-18-26(30)27(32-20(3)31-18)33-40(38,39)24-9-7-23(8-10-24)34-13-15-35(16-14-34)28(37)19(2)36-12-4-5-21-17-22(29)6-11-25(21)36/h6-11,17,19H,4-5,12-16H2,1-3H3,(H,31,32,33)/t19-/m0/s1. The lowest BCUT2D eigenvalue weighted by Crippen LogP contribution is -2.55. The minimum atomic E-state index is -3.89. The second kappa shape index (κ2) is 11.4. The van der Waals surface area contributed by atoms with Crippen molar-refractivity contribution in [3.05, 3.63) is 69.6 Å². The SMILES string of the molecule is Cc1nc(C)c(Cl)c(NS(=O)(=O)c2ccc(N3CCN(C(=O)[C@H](C)N4CCCc5cc(Cl)ccc54)CC3)cc2)n1. The molecule has 2 aromatic carbocycles.